The first-order valence-electron chi connectivity index (χ1n) is 6.03. The number of carboxylic acids is 1. The summed E-state index contributed by atoms with van der Waals surface area (Å²) in [6.45, 7) is 0. The van der Waals surface area contributed by atoms with E-state index in [2.05, 4.69) is 0 Å². The summed E-state index contributed by atoms with van der Waals surface area (Å²) in [5.74, 6) is -2.13. The van der Waals surface area contributed by atoms with Crippen LogP contribution in [-0.2, 0) is 30.2 Å². The maximum atomic E-state index is 12.3. The Bertz CT molecular complexity index is 682. The predicted molar refractivity (Wildman–Crippen MR) is 76.5 cm³/mol. The molecule has 0 fully saturated rings. The summed E-state index contributed by atoms with van der Waals surface area (Å²) in [6, 6.07) is 5.05. The van der Waals surface area contributed by atoms with Crippen molar-refractivity contribution in [1.29, 1.82) is 0 Å². The Balaban J connectivity index is 3.03. The van der Waals surface area contributed by atoms with Crippen LogP contribution in [0.3, 0.4) is 0 Å². The highest BCUT2D eigenvalue weighted by Gasteiger charge is 2.27. The Morgan fingerprint density at radius 3 is 2.23 bits per heavy atom. The van der Waals surface area contributed by atoms with Crippen LogP contribution in [-0.4, -0.2) is 46.3 Å². The van der Waals surface area contributed by atoms with E-state index < -0.39 is 44.2 Å². The van der Waals surface area contributed by atoms with E-state index >= 15 is 0 Å². The van der Waals surface area contributed by atoms with Gasteiger partial charge in [0.05, 0.1) is 15.7 Å². The number of sulfone groups is 1. The first-order valence-corrected chi connectivity index (χ1v) is 9.13. The molecule has 0 saturated heterocycles. The molecule has 0 aliphatic rings. The highest BCUT2D eigenvalue weighted by molar-refractivity contribution is 7.90. The Hall–Kier alpha value is -1.78. The summed E-state index contributed by atoms with van der Waals surface area (Å²) in [4.78, 5) is 22.3. The lowest BCUT2D eigenvalue weighted by Crippen LogP contribution is -2.36. The number of hydroxylamine groups is 1. The third kappa shape index (κ3) is 4.90. The molecule has 122 valence electrons. The Morgan fingerprint density at radius 1 is 1.27 bits per heavy atom. The molecule has 0 aliphatic carbocycles. The van der Waals surface area contributed by atoms with Crippen LogP contribution in [0, 0.1) is 0 Å². The van der Waals surface area contributed by atoms with E-state index in [1.165, 1.54) is 29.7 Å². The van der Waals surface area contributed by atoms with E-state index in [0.717, 1.165) is 6.26 Å². The summed E-state index contributed by atoms with van der Waals surface area (Å²) < 4.78 is 35.0. The standard InChI is InChI=1S/C12H15NO7S2/c1-22(19,20)9-4-2-8(3-5-9)21(18)10(12(16)13-17)6-7-11(14)15/h2-5,10,17H,6-7H2,1H3,(H,13,16)(H,14,15). The molecule has 0 aromatic heterocycles. The number of carbonyl (C=O) groups is 2. The summed E-state index contributed by atoms with van der Waals surface area (Å²) in [6.07, 6.45) is 0.390. The molecule has 1 amide bonds. The van der Waals surface area contributed by atoms with Crippen LogP contribution in [0.4, 0.5) is 0 Å². The molecule has 1 rings (SSSR count). The Morgan fingerprint density at radius 2 is 1.82 bits per heavy atom. The average molecular weight is 349 g/mol. The van der Waals surface area contributed by atoms with Crippen molar-refractivity contribution in [3.63, 3.8) is 0 Å². The minimum atomic E-state index is -3.40. The number of hydrogen-bond donors (Lipinski definition) is 3. The molecular formula is C12H15NO7S2. The van der Waals surface area contributed by atoms with Crippen molar-refractivity contribution in [1.82, 2.24) is 5.48 Å². The second-order valence-corrected chi connectivity index (χ2v) is 8.09. The minimum absolute atomic E-state index is 0.0296. The van der Waals surface area contributed by atoms with Gasteiger partial charge in [0.2, 0.25) is 0 Å². The highest BCUT2D eigenvalue weighted by Crippen LogP contribution is 2.18. The fourth-order valence-corrected chi connectivity index (χ4v) is 3.59. The van der Waals surface area contributed by atoms with Crippen LogP contribution >= 0.6 is 0 Å². The molecule has 0 heterocycles. The van der Waals surface area contributed by atoms with E-state index in [0.29, 0.717) is 0 Å². The van der Waals surface area contributed by atoms with Gasteiger partial charge in [0, 0.05) is 17.6 Å². The summed E-state index contributed by atoms with van der Waals surface area (Å²) in [7, 11) is -5.34. The lowest BCUT2D eigenvalue weighted by Gasteiger charge is -2.13. The maximum Gasteiger partial charge on any atom is 0.303 e. The zero-order chi connectivity index (χ0) is 16.9. The number of carbonyl (C=O) groups excluding carboxylic acids is 1. The number of carboxylic acid groups (broad SMARTS) is 1. The van der Waals surface area contributed by atoms with Crippen molar-refractivity contribution in [3.8, 4) is 0 Å². The molecule has 0 spiro atoms. The zero-order valence-corrected chi connectivity index (χ0v) is 13.2. The summed E-state index contributed by atoms with van der Waals surface area (Å²) >= 11 is 0. The number of nitrogens with one attached hydrogen (secondary N) is 1. The van der Waals surface area contributed by atoms with Crippen molar-refractivity contribution < 1.29 is 32.5 Å². The van der Waals surface area contributed by atoms with Crippen molar-refractivity contribution in [3.05, 3.63) is 24.3 Å². The second kappa shape index (κ2) is 7.47. The van der Waals surface area contributed by atoms with Crippen LogP contribution in [0.1, 0.15) is 12.8 Å². The maximum absolute atomic E-state index is 12.3. The third-order valence-electron chi connectivity index (χ3n) is 2.77. The predicted octanol–water partition coefficient (Wildman–Crippen LogP) is -0.0635. The number of rotatable bonds is 7. The highest BCUT2D eigenvalue weighted by atomic mass is 32.2. The van der Waals surface area contributed by atoms with Crippen LogP contribution in [0.15, 0.2) is 34.1 Å². The molecule has 1 aromatic carbocycles. The zero-order valence-electron chi connectivity index (χ0n) is 11.6. The minimum Gasteiger partial charge on any atom is -0.481 e. The smallest absolute Gasteiger partial charge is 0.303 e. The van der Waals surface area contributed by atoms with E-state index in [9.17, 15) is 22.2 Å². The number of amides is 1. The quantitative estimate of drug-likeness (QED) is 0.463. The molecule has 0 saturated carbocycles. The molecule has 2 atom stereocenters. The average Bonchev–Trinajstić information content (AvgIpc) is 2.45. The lowest BCUT2D eigenvalue weighted by molar-refractivity contribution is -0.137. The molecule has 2 unspecified atom stereocenters. The molecule has 0 radical (unpaired) electrons. The number of hydrogen-bond acceptors (Lipinski definition) is 6. The molecule has 3 N–H and O–H groups in total. The van der Waals surface area contributed by atoms with Gasteiger partial charge >= 0.3 is 5.97 Å². The first kappa shape index (κ1) is 18.3. The fraction of sp³-hybridized carbons (Fsp3) is 0.333. The van der Waals surface area contributed by atoms with Gasteiger partial charge in [-0.1, -0.05) is 0 Å². The molecule has 8 nitrogen and oxygen atoms in total. The van der Waals surface area contributed by atoms with Gasteiger partial charge in [-0.15, -0.1) is 0 Å². The molecular weight excluding hydrogens is 334 g/mol. The van der Waals surface area contributed by atoms with Gasteiger partial charge in [0.25, 0.3) is 5.91 Å². The first-order chi connectivity index (χ1) is 10.2. The lowest BCUT2D eigenvalue weighted by atomic mass is 10.2. The van der Waals surface area contributed by atoms with Gasteiger partial charge in [-0.25, -0.2) is 13.9 Å². The van der Waals surface area contributed by atoms with Crippen molar-refractivity contribution in [2.75, 3.05) is 6.26 Å². The van der Waals surface area contributed by atoms with Gasteiger partial charge in [-0.2, -0.15) is 0 Å². The van der Waals surface area contributed by atoms with Gasteiger partial charge in [-0.3, -0.25) is 19.0 Å². The van der Waals surface area contributed by atoms with Crippen LogP contribution < -0.4 is 5.48 Å². The van der Waals surface area contributed by atoms with E-state index in [4.69, 9.17) is 10.3 Å². The van der Waals surface area contributed by atoms with E-state index in [1.807, 2.05) is 0 Å². The number of benzene rings is 1. The monoisotopic (exact) mass is 349 g/mol. The molecule has 22 heavy (non-hydrogen) atoms. The Labute approximate surface area is 129 Å². The Kier molecular flexibility index (Phi) is 6.21. The molecule has 1 aromatic rings. The second-order valence-electron chi connectivity index (χ2n) is 4.44. The van der Waals surface area contributed by atoms with E-state index in [1.54, 1.807) is 0 Å². The van der Waals surface area contributed by atoms with Crippen molar-refractivity contribution in [2.24, 2.45) is 0 Å². The van der Waals surface area contributed by atoms with Crippen molar-refractivity contribution >= 4 is 32.5 Å². The normalized spacial score (nSPS) is 14.1. The summed E-state index contributed by atoms with van der Waals surface area (Å²) in [5.41, 5.74) is 1.35. The van der Waals surface area contributed by atoms with Gasteiger partial charge in [-0.05, 0) is 30.7 Å². The van der Waals surface area contributed by atoms with Crippen LogP contribution in [0.2, 0.25) is 0 Å². The third-order valence-corrected chi connectivity index (χ3v) is 5.60. The topological polar surface area (TPSA) is 138 Å². The SMILES string of the molecule is CS(=O)(=O)c1ccc(S(=O)C(CCC(=O)O)C(=O)NO)cc1. The number of aliphatic carboxylic acids is 1. The van der Waals surface area contributed by atoms with Crippen LogP contribution in [0.25, 0.3) is 0 Å². The largest absolute Gasteiger partial charge is 0.481 e. The van der Waals surface area contributed by atoms with E-state index in [-0.39, 0.29) is 16.2 Å². The van der Waals surface area contributed by atoms with Gasteiger partial charge in [0.15, 0.2) is 9.84 Å². The molecule has 0 bridgehead atoms. The van der Waals surface area contributed by atoms with Crippen LogP contribution in [0.5, 0.6) is 0 Å². The molecule has 10 heteroatoms. The fourth-order valence-electron chi connectivity index (χ4n) is 1.65. The molecule has 0 aliphatic heterocycles. The van der Waals surface area contributed by atoms with Gasteiger partial charge < -0.3 is 5.11 Å². The van der Waals surface area contributed by atoms with Crippen molar-refractivity contribution in [2.45, 2.75) is 27.9 Å². The summed E-state index contributed by atoms with van der Waals surface area (Å²) in [5, 5.41) is 16.0. The van der Waals surface area contributed by atoms with Gasteiger partial charge in [0.1, 0.15) is 5.25 Å².